The van der Waals surface area contributed by atoms with Crippen LogP contribution in [-0.2, 0) is 17.1 Å². The van der Waals surface area contributed by atoms with Gasteiger partial charge in [0.25, 0.3) is 5.69 Å². The van der Waals surface area contributed by atoms with Gasteiger partial charge < -0.3 is 4.57 Å². The molecule has 134 valence electrons. The van der Waals surface area contributed by atoms with Crippen LogP contribution >= 0.6 is 0 Å². The van der Waals surface area contributed by atoms with Crippen molar-refractivity contribution in [3.05, 3.63) is 57.4 Å². The number of nitro benzene ring substituents is 1. The minimum atomic E-state index is -3.82. The molecule has 1 fully saturated rings. The largest absolute Gasteiger partial charge is 0.353 e. The number of nitro groups is 1. The van der Waals surface area contributed by atoms with Crippen LogP contribution in [0.2, 0.25) is 0 Å². The van der Waals surface area contributed by atoms with E-state index in [1.165, 1.54) is 16.4 Å². The van der Waals surface area contributed by atoms with Crippen LogP contribution in [0.15, 0.2) is 35.4 Å². The SMILES string of the molecule is Cc1cc([N+](=O)[O-])cc(S(=O)(=O)N2CCC[C@H]2c2cccn2C)c1C. The predicted molar refractivity (Wildman–Crippen MR) is 93.9 cm³/mol. The molecule has 8 heteroatoms. The van der Waals surface area contributed by atoms with Crippen molar-refractivity contribution in [1.82, 2.24) is 8.87 Å². The van der Waals surface area contributed by atoms with Gasteiger partial charge in [-0.3, -0.25) is 10.1 Å². The van der Waals surface area contributed by atoms with Gasteiger partial charge in [0.05, 0.1) is 15.9 Å². The minimum absolute atomic E-state index is 0.0281. The number of hydrogen-bond acceptors (Lipinski definition) is 4. The summed E-state index contributed by atoms with van der Waals surface area (Å²) < 4.78 is 30.0. The summed E-state index contributed by atoms with van der Waals surface area (Å²) in [4.78, 5) is 10.6. The van der Waals surface area contributed by atoms with Crippen molar-refractivity contribution in [2.24, 2.45) is 7.05 Å². The van der Waals surface area contributed by atoms with Crippen molar-refractivity contribution in [3.63, 3.8) is 0 Å². The second-order valence-electron chi connectivity index (χ2n) is 6.46. The lowest BCUT2D eigenvalue weighted by Crippen LogP contribution is -2.32. The lowest BCUT2D eigenvalue weighted by atomic mass is 10.1. The molecule has 1 aliphatic rings. The van der Waals surface area contributed by atoms with Gasteiger partial charge in [-0.05, 0) is 49.9 Å². The Morgan fingerprint density at radius 3 is 2.60 bits per heavy atom. The fourth-order valence-corrected chi connectivity index (χ4v) is 5.44. The summed E-state index contributed by atoms with van der Waals surface area (Å²) >= 11 is 0. The van der Waals surface area contributed by atoms with Gasteiger partial charge in [0.2, 0.25) is 10.0 Å². The third-order valence-electron chi connectivity index (χ3n) is 4.93. The van der Waals surface area contributed by atoms with Crippen LogP contribution in [0.4, 0.5) is 5.69 Å². The smallest absolute Gasteiger partial charge is 0.271 e. The van der Waals surface area contributed by atoms with Crippen LogP contribution in [0.25, 0.3) is 0 Å². The number of aromatic nitrogens is 1. The number of benzene rings is 1. The zero-order valence-electron chi connectivity index (χ0n) is 14.5. The highest BCUT2D eigenvalue weighted by atomic mass is 32.2. The maximum Gasteiger partial charge on any atom is 0.271 e. The molecule has 0 N–H and O–H groups in total. The Hall–Kier alpha value is -2.19. The Morgan fingerprint density at radius 2 is 2.00 bits per heavy atom. The molecular weight excluding hydrogens is 342 g/mol. The molecule has 0 aliphatic carbocycles. The van der Waals surface area contributed by atoms with Crippen molar-refractivity contribution < 1.29 is 13.3 Å². The van der Waals surface area contributed by atoms with E-state index in [0.717, 1.165) is 18.5 Å². The van der Waals surface area contributed by atoms with E-state index < -0.39 is 14.9 Å². The first kappa shape index (κ1) is 17.6. The van der Waals surface area contributed by atoms with Gasteiger partial charge in [0.1, 0.15) is 0 Å². The first-order chi connectivity index (χ1) is 11.7. The van der Waals surface area contributed by atoms with E-state index in [9.17, 15) is 18.5 Å². The molecule has 7 nitrogen and oxygen atoms in total. The average Bonchev–Trinajstić information content (AvgIpc) is 3.17. The Labute approximate surface area is 147 Å². The second kappa shape index (κ2) is 6.27. The van der Waals surface area contributed by atoms with Crippen LogP contribution in [0.5, 0.6) is 0 Å². The normalized spacial score (nSPS) is 18.6. The lowest BCUT2D eigenvalue weighted by molar-refractivity contribution is -0.385. The highest BCUT2D eigenvalue weighted by Gasteiger charge is 2.38. The number of hydrogen-bond donors (Lipinski definition) is 0. The minimum Gasteiger partial charge on any atom is -0.353 e. The third-order valence-corrected chi connectivity index (χ3v) is 6.97. The van der Waals surface area contributed by atoms with Crippen molar-refractivity contribution in [2.75, 3.05) is 6.54 Å². The quantitative estimate of drug-likeness (QED) is 0.617. The maximum atomic E-state index is 13.3. The summed E-state index contributed by atoms with van der Waals surface area (Å²) in [6, 6.07) is 6.15. The molecule has 25 heavy (non-hydrogen) atoms. The van der Waals surface area contributed by atoms with E-state index in [2.05, 4.69) is 0 Å². The highest BCUT2D eigenvalue weighted by molar-refractivity contribution is 7.89. The number of aryl methyl sites for hydroxylation is 2. The first-order valence-electron chi connectivity index (χ1n) is 8.12. The van der Waals surface area contributed by atoms with E-state index in [1.54, 1.807) is 13.8 Å². The Bertz CT molecular complexity index is 933. The first-order valence-corrected chi connectivity index (χ1v) is 9.56. The molecule has 0 saturated carbocycles. The second-order valence-corrected chi connectivity index (χ2v) is 8.32. The van der Waals surface area contributed by atoms with Crippen LogP contribution in [-0.4, -0.2) is 28.8 Å². The molecule has 2 aromatic rings. The number of non-ortho nitro benzene ring substituents is 1. The summed E-state index contributed by atoms with van der Waals surface area (Å²) in [7, 11) is -1.93. The van der Waals surface area contributed by atoms with E-state index in [-0.39, 0.29) is 16.6 Å². The van der Waals surface area contributed by atoms with Gasteiger partial charge in [0.15, 0.2) is 0 Å². The number of sulfonamides is 1. The molecule has 0 bridgehead atoms. The van der Waals surface area contributed by atoms with Crippen LogP contribution < -0.4 is 0 Å². The van der Waals surface area contributed by atoms with E-state index in [0.29, 0.717) is 17.7 Å². The Kier molecular flexibility index (Phi) is 4.42. The van der Waals surface area contributed by atoms with E-state index >= 15 is 0 Å². The molecule has 1 saturated heterocycles. The molecule has 0 radical (unpaired) electrons. The maximum absolute atomic E-state index is 13.3. The highest BCUT2D eigenvalue weighted by Crippen LogP contribution is 2.38. The van der Waals surface area contributed by atoms with Gasteiger partial charge in [-0.1, -0.05) is 0 Å². The molecule has 1 aliphatic heterocycles. The fraction of sp³-hybridized carbons (Fsp3) is 0.412. The van der Waals surface area contributed by atoms with Crippen LogP contribution in [0.1, 0.15) is 35.7 Å². The summed E-state index contributed by atoms with van der Waals surface area (Å²) in [5.41, 5.74) is 1.89. The Balaban J connectivity index is 2.10. The molecule has 1 atom stereocenters. The summed E-state index contributed by atoms with van der Waals surface area (Å²) in [6.07, 6.45) is 3.40. The lowest BCUT2D eigenvalue weighted by Gasteiger charge is -2.25. The molecular formula is C17H21N3O4S. The zero-order chi connectivity index (χ0) is 18.4. The van der Waals surface area contributed by atoms with Gasteiger partial charge in [-0.15, -0.1) is 0 Å². The van der Waals surface area contributed by atoms with Crippen molar-refractivity contribution >= 4 is 15.7 Å². The monoisotopic (exact) mass is 363 g/mol. The predicted octanol–water partition coefficient (Wildman–Crippen LogP) is 3.08. The molecule has 2 heterocycles. The van der Waals surface area contributed by atoms with Gasteiger partial charge >= 0.3 is 0 Å². The molecule has 3 rings (SSSR count). The van der Waals surface area contributed by atoms with Crippen LogP contribution in [0.3, 0.4) is 0 Å². The van der Waals surface area contributed by atoms with Gasteiger partial charge in [-0.2, -0.15) is 4.31 Å². The molecule has 0 amide bonds. The number of nitrogens with zero attached hydrogens (tertiary/aromatic N) is 3. The third kappa shape index (κ3) is 2.96. The molecule has 0 spiro atoms. The summed E-state index contributed by atoms with van der Waals surface area (Å²) in [5, 5.41) is 11.2. The topological polar surface area (TPSA) is 85.4 Å². The zero-order valence-corrected chi connectivity index (χ0v) is 15.3. The van der Waals surface area contributed by atoms with Crippen LogP contribution in [0, 0.1) is 24.0 Å². The number of rotatable bonds is 4. The van der Waals surface area contributed by atoms with E-state index in [1.807, 2.05) is 29.9 Å². The standard InChI is InChI=1S/C17H21N3O4S/c1-12-10-14(20(21)22)11-17(13(12)2)25(23,24)19-9-5-7-16(19)15-6-4-8-18(15)3/h4,6,8,10-11,16H,5,7,9H2,1-3H3/t16-/m0/s1. The molecule has 0 unspecified atom stereocenters. The van der Waals surface area contributed by atoms with Gasteiger partial charge in [0, 0.05) is 37.6 Å². The summed E-state index contributed by atoms with van der Waals surface area (Å²) in [5.74, 6) is 0. The van der Waals surface area contributed by atoms with Gasteiger partial charge in [-0.25, -0.2) is 8.42 Å². The summed E-state index contributed by atoms with van der Waals surface area (Å²) in [6.45, 7) is 3.80. The van der Waals surface area contributed by atoms with Crippen molar-refractivity contribution in [1.29, 1.82) is 0 Å². The van der Waals surface area contributed by atoms with Crippen molar-refractivity contribution in [2.45, 2.75) is 37.6 Å². The molecule has 1 aromatic heterocycles. The molecule has 1 aromatic carbocycles. The average molecular weight is 363 g/mol. The van der Waals surface area contributed by atoms with Crippen molar-refractivity contribution in [3.8, 4) is 0 Å². The fourth-order valence-electron chi connectivity index (χ4n) is 3.45. The van der Waals surface area contributed by atoms with E-state index in [4.69, 9.17) is 0 Å². The Morgan fingerprint density at radius 1 is 1.28 bits per heavy atom.